The lowest BCUT2D eigenvalue weighted by molar-refractivity contribution is 0.280. The maximum Gasteiger partial charge on any atom is 0.120 e. The van der Waals surface area contributed by atoms with Gasteiger partial charge in [0.1, 0.15) is 5.75 Å². The maximum atomic E-state index is 5.88. The van der Waals surface area contributed by atoms with Crippen molar-refractivity contribution in [1.82, 2.24) is 5.32 Å². The van der Waals surface area contributed by atoms with Gasteiger partial charge in [-0.1, -0.05) is 17.7 Å². The predicted octanol–water partition coefficient (Wildman–Crippen LogP) is 2.18. The van der Waals surface area contributed by atoms with Crippen LogP contribution in [-0.2, 0) is 0 Å². The lowest BCUT2D eigenvalue weighted by atomic mass is 10.3. The van der Waals surface area contributed by atoms with Crippen molar-refractivity contribution in [2.24, 2.45) is 17.8 Å². The quantitative estimate of drug-likeness (QED) is 0.848. The number of piperidine rings is 1. The lowest BCUT2D eigenvalue weighted by Crippen LogP contribution is -2.17. The highest BCUT2D eigenvalue weighted by molar-refractivity contribution is 6.30. The van der Waals surface area contributed by atoms with Crippen LogP contribution in [0.2, 0.25) is 5.02 Å². The minimum atomic E-state index is 0.741. The predicted molar refractivity (Wildman–Crippen MR) is 60.3 cm³/mol. The second kappa shape index (κ2) is 3.69. The number of hydrogen-bond donors (Lipinski definition) is 1. The van der Waals surface area contributed by atoms with E-state index in [9.17, 15) is 0 Å². The van der Waals surface area contributed by atoms with Crippen LogP contribution in [0.15, 0.2) is 24.3 Å². The summed E-state index contributed by atoms with van der Waals surface area (Å²) in [6.45, 7) is 3.19. The second-order valence-corrected chi connectivity index (χ2v) is 4.85. The van der Waals surface area contributed by atoms with Crippen molar-refractivity contribution in [3.05, 3.63) is 29.3 Å². The molecule has 1 aromatic rings. The van der Waals surface area contributed by atoms with Crippen molar-refractivity contribution < 1.29 is 4.74 Å². The van der Waals surface area contributed by atoms with Gasteiger partial charge >= 0.3 is 0 Å². The van der Waals surface area contributed by atoms with Gasteiger partial charge in [-0.15, -0.1) is 0 Å². The molecule has 1 heterocycles. The van der Waals surface area contributed by atoms with E-state index >= 15 is 0 Å². The van der Waals surface area contributed by atoms with Gasteiger partial charge in [-0.3, -0.25) is 0 Å². The number of halogens is 1. The summed E-state index contributed by atoms with van der Waals surface area (Å²) in [5.41, 5.74) is 0. The first-order valence-electron chi connectivity index (χ1n) is 5.44. The monoisotopic (exact) mass is 223 g/mol. The summed E-state index contributed by atoms with van der Waals surface area (Å²) < 4.78 is 5.73. The average molecular weight is 224 g/mol. The summed E-state index contributed by atoms with van der Waals surface area (Å²) in [6.07, 6.45) is 0. The van der Waals surface area contributed by atoms with Crippen molar-refractivity contribution in [2.75, 3.05) is 19.7 Å². The van der Waals surface area contributed by atoms with Gasteiger partial charge in [0, 0.05) is 10.9 Å². The minimum Gasteiger partial charge on any atom is -0.493 e. The van der Waals surface area contributed by atoms with E-state index in [1.165, 1.54) is 13.1 Å². The van der Waals surface area contributed by atoms with E-state index in [1.54, 1.807) is 0 Å². The van der Waals surface area contributed by atoms with Crippen LogP contribution in [0.1, 0.15) is 0 Å². The van der Waals surface area contributed by atoms with Crippen LogP contribution in [0.3, 0.4) is 0 Å². The zero-order valence-electron chi connectivity index (χ0n) is 8.45. The second-order valence-electron chi connectivity index (χ2n) is 4.42. The Morgan fingerprint density at radius 3 is 2.87 bits per heavy atom. The molecule has 2 unspecified atom stereocenters. The summed E-state index contributed by atoms with van der Waals surface area (Å²) in [5, 5.41) is 4.12. The third-order valence-electron chi connectivity index (χ3n) is 3.51. The molecule has 80 valence electrons. The van der Waals surface area contributed by atoms with E-state index in [4.69, 9.17) is 16.3 Å². The van der Waals surface area contributed by atoms with Crippen LogP contribution in [0.5, 0.6) is 5.75 Å². The molecule has 1 aliphatic heterocycles. The largest absolute Gasteiger partial charge is 0.493 e. The summed E-state index contributed by atoms with van der Waals surface area (Å²) in [4.78, 5) is 0. The highest BCUT2D eigenvalue weighted by Crippen LogP contribution is 2.48. The molecule has 2 atom stereocenters. The smallest absolute Gasteiger partial charge is 0.120 e. The molecule has 3 heteroatoms. The summed E-state index contributed by atoms with van der Waals surface area (Å²) in [5.74, 6) is 3.39. The summed E-state index contributed by atoms with van der Waals surface area (Å²) >= 11 is 5.88. The Bertz CT molecular complexity index is 358. The van der Waals surface area contributed by atoms with Crippen LogP contribution in [0.4, 0.5) is 0 Å². The molecule has 2 aliphatic rings. The van der Waals surface area contributed by atoms with Gasteiger partial charge in [-0.25, -0.2) is 0 Å². The molecule has 1 saturated carbocycles. The molecule has 3 rings (SSSR count). The molecule has 1 N–H and O–H groups in total. The Morgan fingerprint density at radius 2 is 2.13 bits per heavy atom. The van der Waals surface area contributed by atoms with E-state index < -0.39 is 0 Å². The number of ether oxygens (including phenoxy) is 1. The van der Waals surface area contributed by atoms with Crippen molar-refractivity contribution in [3.63, 3.8) is 0 Å². The highest BCUT2D eigenvalue weighted by atomic mass is 35.5. The van der Waals surface area contributed by atoms with E-state index in [-0.39, 0.29) is 0 Å². The van der Waals surface area contributed by atoms with Crippen molar-refractivity contribution in [1.29, 1.82) is 0 Å². The number of hydrogen-bond acceptors (Lipinski definition) is 2. The van der Waals surface area contributed by atoms with Crippen molar-refractivity contribution in [3.8, 4) is 5.75 Å². The number of benzene rings is 1. The fraction of sp³-hybridized carbons (Fsp3) is 0.500. The third kappa shape index (κ3) is 1.84. The van der Waals surface area contributed by atoms with Crippen LogP contribution < -0.4 is 10.1 Å². The van der Waals surface area contributed by atoms with E-state index in [0.29, 0.717) is 0 Å². The van der Waals surface area contributed by atoms with Gasteiger partial charge in [0.05, 0.1) is 6.61 Å². The molecule has 2 nitrogen and oxygen atoms in total. The average Bonchev–Trinajstić information content (AvgIpc) is 2.69. The molecule has 0 radical (unpaired) electrons. The molecule has 0 aromatic heterocycles. The van der Waals surface area contributed by atoms with Gasteiger partial charge in [0.2, 0.25) is 0 Å². The van der Waals surface area contributed by atoms with E-state index in [2.05, 4.69) is 5.32 Å². The third-order valence-corrected chi connectivity index (χ3v) is 3.74. The first-order valence-corrected chi connectivity index (χ1v) is 5.81. The maximum absolute atomic E-state index is 5.88. The molecule has 0 spiro atoms. The standard InChI is InChI=1S/C12H14ClNO/c13-8-2-1-3-9(4-8)15-7-12-10-5-14-6-11(10)12/h1-4,10-12,14H,5-7H2. The van der Waals surface area contributed by atoms with Crippen molar-refractivity contribution in [2.45, 2.75) is 0 Å². The number of fused-ring (bicyclic) bond motifs is 1. The zero-order valence-corrected chi connectivity index (χ0v) is 9.20. The topological polar surface area (TPSA) is 21.3 Å². The molecular formula is C12H14ClNO. The fourth-order valence-corrected chi connectivity index (χ4v) is 2.72. The van der Waals surface area contributed by atoms with Gasteiger partial charge < -0.3 is 10.1 Å². The Hall–Kier alpha value is -0.730. The number of rotatable bonds is 3. The SMILES string of the molecule is Clc1cccc(OCC2C3CNCC32)c1. The molecule has 2 fully saturated rings. The summed E-state index contributed by atoms with van der Waals surface area (Å²) in [6, 6.07) is 7.62. The highest BCUT2D eigenvalue weighted by Gasteiger charge is 2.52. The number of nitrogens with one attached hydrogen (secondary N) is 1. The van der Waals surface area contributed by atoms with Crippen LogP contribution >= 0.6 is 11.6 Å². The van der Waals surface area contributed by atoms with E-state index in [1.807, 2.05) is 24.3 Å². The van der Waals surface area contributed by atoms with Crippen LogP contribution in [-0.4, -0.2) is 19.7 Å². The molecule has 1 saturated heterocycles. The Kier molecular flexibility index (Phi) is 2.33. The molecule has 0 amide bonds. The van der Waals surface area contributed by atoms with Gasteiger partial charge in [-0.05, 0) is 43.1 Å². The molecule has 1 aliphatic carbocycles. The zero-order chi connectivity index (χ0) is 10.3. The van der Waals surface area contributed by atoms with Gasteiger partial charge in [0.25, 0.3) is 0 Å². The first kappa shape index (κ1) is 9.49. The fourth-order valence-electron chi connectivity index (χ4n) is 2.54. The Labute approximate surface area is 94.6 Å². The lowest BCUT2D eigenvalue weighted by Gasteiger charge is -2.07. The molecule has 15 heavy (non-hydrogen) atoms. The summed E-state index contributed by atoms with van der Waals surface area (Å²) in [7, 11) is 0. The minimum absolute atomic E-state index is 0.741. The van der Waals surface area contributed by atoms with Gasteiger partial charge in [-0.2, -0.15) is 0 Å². The van der Waals surface area contributed by atoms with Gasteiger partial charge in [0.15, 0.2) is 0 Å². The molecular weight excluding hydrogens is 210 g/mol. The Morgan fingerprint density at radius 1 is 1.33 bits per heavy atom. The van der Waals surface area contributed by atoms with Crippen LogP contribution in [0, 0.1) is 17.8 Å². The first-order chi connectivity index (χ1) is 7.34. The van der Waals surface area contributed by atoms with Crippen LogP contribution in [0.25, 0.3) is 0 Å². The normalized spacial score (nSPS) is 32.5. The van der Waals surface area contributed by atoms with Crippen molar-refractivity contribution >= 4 is 11.6 Å². The molecule has 1 aromatic carbocycles. The molecule has 0 bridgehead atoms. The Balaban J connectivity index is 1.54. The van der Waals surface area contributed by atoms with E-state index in [0.717, 1.165) is 35.1 Å².